The fourth-order valence-corrected chi connectivity index (χ4v) is 5.27. The lowest BCUT2D eigenvalue weighted by Gasteiger charge is -2.31. The van der Waals surface area contributed by atoms with E-state index in [0.29, 0.717) is 6.42 Å². The highest BCUT2D eigenvalue weighted by Crippen LogP contribution is 2.30. The standard InChI is InChI=1S/C28H32N2OS/c1-23-12-14-26(15-13-23)32-22-27(25-10-6-3-7-11-25)30-21-20-29(19-17-28(30)31)18-16-24-8-4-2-5-9-24/h2-15,27H,16-22H2,1H3/t27-/m0/s1. The van der Waals surface area contributed by atoms with Crippen LogP contribution in [0.3, 0.4) is 0 Å². The lowest BCUT2D eigenvalue weighted by atomic mass is 10.1. The normalized spacial score (nSPS) is 16.0. The fraction of sp³-hybridized carbons (Fsp3) is 0.321. The Kier molecular flexibility index (Phi) is 8.02. The summed E-state index contributed by atoms with van der Waals surface area (Å²) in [6.45, 7) is 5.66. The van der Waals surface area contributed by atoms with Crippen molar-refractivity contribution in [1.29, 1.82) is 0 Å². The second-order valence-corrected chi connectivity index (χ2v) is 9.56. The first-order chi connectivity index (χ1) is 15.7. The zero-order valence-corrected chi connectivity index (χ0v) is 19.6. The molecular formula is C28H32N2OS. The van der Waals surface area contributed by atoms with E-state index in [2.05, 4.69) is 95.6 Å². The van der Waals surface area contributed by atoms with Crippen LogP contribution < -0.4 is 0 Å². The fourth-order valence-electron chi connectivity index (χ4n) is 4.22. The van der Waals surface area contributed by atoms with Gasteiger partial charge >= 0.3 is 0 Å². The number of hydrogen-bond donors (Lipinski definition) is 0. The van der Waals surface area contributed by atoms with Gasteiger partial charge in [0.2, 0.25) is 5.91 Å². The molecule has 1 fully saturated rings. The molecule has 3 aromatic rings. The number of hydrogen-bond acceptors (Lipinski definition) is 3. The van der Waals surface area contributed by atoms with Crippen molar-refractivity contribution in [3.63, 3.8) is 0 Å². The van der Waals surface area contributed by atoms with Gasteiger partial charge in [0.25, 0.3) is 0 Å². The van der Waals surface area contributed by atoms with Gasteiger partial charge in [0, 0.05) is 43.2 Å². The lowest BCUT2D eigenvalue weighted by Crippen LogP contribution is -2.38. The number of amides is 1. The Morgan fingerprint density at radius 1 is 0.844 bits per heavy atom. The van der Waals surface area contributed by atoms with Crippen LogP contribution in [0.1, 0.15) is 29.2 Å². The Morgan fingerprint density at radius 2 is 1.53 bits per heavy atom. The van der Waals surface area contributed by atoms with Crippen LogP contribution in [-0.4, -0.2) is 47.6 Å². The molecule has 1 heterocycles. The molecule has 0 aliphatic carbocycles. The molecule has 0 radical (unpaired) electrons. The second-order valence-electron chi connectivity index (χ2n) is 8.46. The summed E-state index contributed by atoms with van der Waals surface area (Å²) in [6.07, 6.45) is 1.62. The van der Waals surface area contributed by atoms with Gasteiger partial charge in [0.05, 0.1) is 6.04 Å². The lowest BCUT2D eigenvalue weighted by molar-refractivity contribution is -0.132. The Morgan fingerprint density at radius 3 is 2.25 bits per heavy atom. The van der Waals surface area contributed by atoms with Gasteiger partial charge in [-0.25, -0.2) is 0 Å². The Bertz CT molecular complexity index is 975. The highest BCUT2D eigenvalue weighted by atomic mass is 32.2. The highest BCUT2D eigenvalue weighted by Gasteiger charge is 2.28. The maximum absolute atomic E-state index is 13.2. The summed E-state index contributed by atoms with van der Waals surface area (Å²) in [4.78, 5) is 19.0. The first-order valence-corrected chi connectivity index (χ1v) is 12.5. The molecule has 0 N–H and O–H groups in total. The zero-order chi connectivity index (χ0) is 22.2. The van der Waals surface area contributed by atoms with E-state index in [0.717, 1.165) is 38.4 Å². The first-order valence-electron chi connectivity index (χ1n) is 11.5. The molecule has 1 saturated heterocycles. The smallest absolute Gasteiger partial charge is 0.224 e. The number of nitrogens with zero attached hydrogens (tertiary/aromatic N) is 2. The number of carbonyl (C=O) groups is 1. The number of carbonyl (C=O) groups excluding carboxylic acids is 1. The molecule has 32 heavy (non-hydrogen) atoms. The van der Waals surface area contributed by atoms with Crippen molar-refractivity contribution >= 4 is 17.7 Å². The van der Waals surface area contributed by atoms with Crippen LogP contribution in [0.5, 0.6) is 0 Å². The third-order valence-electron chi connectivity index (χ3n) is 6.17. The second kappa shape index (κ2) is 11.3. The summed E-state index contributed by atoms with van der Waals surface area (Å²) in [7, 11) is 0. The van der Waals surface area contributed by atoms with Crippen LogP contribution in [-0.2, 0) is 11.2 Å². The maximum atomic E-state index is 13.2. The van der Waals surface area contributed by atoms with Crippen LogP contribution in [0.2, 0.25) is 0 Å². The monoisotopic (exact) mass is 444 g/mol. The molecule has 0 aromatic heterocycles. The minimum atomic E-state index is 0.0871. The molecule has 1 aliphatic heterocycles. The predicted molar refractivity (Wildman–Crippen MR) is 134 cm³/mol. The van der Waals surface area contributed by atoms with Crippen LogP contribution in [0.4, 0.5) is 0 Å². The van der Waals surface area contributed by atoms with Gasteiger partial charge in [-0.05, 0) is 36.6 Å². The highest BCUT2D eigenvalue weighted by molar-refractivity contribution is 7.99. The van der Waals surface area contributed by atoms with Crippen molar-refractivity contribution in [2.45, 2.75) is 30.7 Å². The molecule has 0 saturated carbocycles. The summed E-state index contributed by atoms with van der Waals surface area (Å²) in [5.41, 5.74) is 3.85. The summed E-state index contributed by atoms with van der Waals surface area (Å²) in [5, 5.41) is 0. The zero-order valence-electron chi connectivity index (χ0n) is 18.8. The van der Waals surface area contributed by atoms with Crippen LogP contribution in [0.25, 0.3) is 0 Å². The van der Waals surface area contributed by atoms with Crippen LogP contribution in [0.15, 0.2) is 89.8 Å². The van der Waals surface area contributed by atoms with Crippen molar-refractivity contribution in [3.8, 4) is 0 Å². The Labute approximate surface area is 196 Å². The van der Waals surface area contributed by atoms with E-state index in [9.17, 15) is 4.79 Å². The van der Waals surface area contributed by atoms with Gasteiger partial charge in [0.15, 0.2) is 0 Å². The summed E-state index contributed by atoms with van der Waals surface area (Å²) >= 11 is 1.84. The van der Waals surface area contributed by atoms with Gasteiger partial charge in [-0.15, -0.1) is 11.8 Å². The molecule has 0 unspecified atom stereocenters. The molecule has 166 valence electrons. The molecule has 1 amide bonds. The minimum Gasteiger partial charge on any atom is -0.333 e. The SMILES string of the molecule is Cc1ccc(SC[C@@H](c2ccccc2)N2CCN(CCc3ccccc3)CCC2=O)cc1. The summed E-state index contributed by atoms with van der Waals surface area (Å²) < 4.78 is 0. The van der Waals surface area contributed by atoms with Crippen molar-refractivity contribution in [3.05, 3.63) is 102 Å². The van der Waals surface area contributed by atoms with Gasteiger partial charge in [-0.3, -0.25) is 4.79 Å². The molecule has 0 bridgehead atoms. The number of rotatable bonds is 8. The average Bonchev–Trinajstić information content (AvgIpc) is 3.02. The number of aryl methyl sites for hydroxylation is 1. The van der Waals surface area contributed by atoms with Crippen molar-refractivity contribution < 1.29 is 4.79 Å². The Hall–Kier alpha value is -2.56. The molecule has 1 aliphatic rings. The molecule has 4 heteroatoms. The van der Waals surface area contributed by atoms with Crippen molar-refractivity contribution in [2.75, 3.05) is 31.9 Å². The van der Waals surface area contributed by atoms with E-state index < -0.39 is 0 Å². The van der Waals surface area contributed by atoms with E-state index in [-0.39, 0.29) is 11.9 Å². The topological polar surface area (TPSA) is 23.6 Å². The van der Waals surface area contributed by atoms with E-state index in [1.807, 2.05) is 17.8 Å². The van der Waals surface area contributed by atoms with E-state index in [1.165, 1.54) is 21.6 Å². The minimum absolute atomic E-state index is 0.0871. The molecular weight excluding hydrogens is 412 g/mol. The van der Waals surface area contributed by atoms with E-state index in [4.69, 9.17) is 0 Å². The van der Waals surface area contributed by atoms with Crippen LogP contribution >= 0.6 is 11.8 Å². The van der Waals surface area contributed by atoms with E-state index in [1.54, 1.807) is 0 Å². The molecule has 4 rings (SSSR count). The van der Waals surface area contributed by atoms with Crippen molar-refractivity contribution in [1.82, 2.24) is 9.80 Å². The quantitative estimate of drug-likeness (QED) is 0.422. The van der Waals surface area contributed by atoms with Gasteiger partial charge in [-0.2, -0.15) is 0 Å². The molecule has 3 nitrogen and oxygen atoms in total. The van der Waals surface area contributed by atoms with Crippen molar-refractivity contribution in [2.24, 2.45) is 0 Å². The summed E-state index contributed by atoms with van der Waals surface area (Å²) in [6, 6.07) is 29.9. The third-order valence-corrected chi connectivity index (χ3v) is 7.26. The third kappa shape index (κ3) is 6.24. The predicted octanol–water partition coefficient (Wildman–Crippen LogP) is 5.61. The number of benzene rings is 3. The molecule has 3 aromatic carbocycles. The van der Waals surface area contributed by atoms with Gasteiger partial charge in [-0.1, -0.05) is 78.4 Å². The molecule has 0 spiro atoms. The first kappa shape index (κ1) is 22.6. The van der Waals surface area contributed by atoms with E-state index >= 15 is 0 Å². The maximum Gasteiger partial charge on any atom is 0.224 e. The largest absolute Gasteiger partial charge is 0.333 e. The van der Waals surface area contributed by atoms with Gasteiger partial charge < -0.3 is 9.80 Å². The summed E-state index contributed by atoms with van der Waals surface area (Å²) in [5.74, 6) is 1.13. The van der Waals surface area contributed by atoms with Crippen LogP contribution in [0, 0.1) is 6.92 Å². The Balaban J connectivity index is 1.43. The number of thioether (sulfide) groups is 1. The average molecular weight is 445 g/mol. The molecule has 1 atom stereocenters. The van der Waals surface area contributed by atoms with Gasteiger partial charge in [0.1, 0.15) is 0 Å².